The van der Waals surface area contributed by atoms with E-state index >= 15 is 0 Å². The number of hydrogen-bond donors (Lipinski definition) is 4. The highest BCUT2D eigenvalue weighted by Gasteiger charge is 2.71. The summed E-state index contributed by atoms with van der Waals surface area (Å²) in [5.41, 5.74) is -6.88. The summed E-state index contributed by atoms with van der Waals surface area (Å²) in [5.74, 6) is -0.509. The minimum atomic E-state index is -6.08. The number of carbonyl (C=O) groups excluding carboxylic acids is 1. The Morgan fingerprint density at radius 1 is 1.05 bits per heavy atom. The maximum Gasteiger partial charge on any atom is 0.430 e. The number of rotatable bonds is 6. The lowest BCUT2D eigenvalue weighted by Crippen LogP contribution is -2.53. The van der Waals surface area contributed by atoms with Crippen molar-refractivity contribution < 1.29 is 41.4 Å². The highest BCUT2D eigenvalue weighted by atomic mass is 19.4. The van der Waals surface area contributed by atoms with Crippen molar-refractivity contribution in [1.82, 2.24) is 9.88 Å². The number of fused-ring (bicyclic) bond motifs is 3. The number of unbranched alkanes of at least 4 members (excludes halogenated alkanes) is 1. The number of alkyl halides is 6. The van der Waals surface area contributed by atoms with Crippen molar-refractivity contribution in [1.29, 1.82) is 0 Å². The van der Waals surface area contributed by atoms with Crippen LogP contribution in [0.4, 0.5) is 32.0 Å². The summed E-state index contributed by atoms with van der Waals surface area (Å²) in [4.78, 5) is 25.8. The van der Waals surface area contributed by atoms with Gasteiger partial charge in [-0.05, 0) is 48.6 Å². The molecule has 3 aromatic rings. The van der Waals surface area contributed by atoms with Gasteiger partial charge in [-0.2, -0.15) is 26.3 Å². The van der Waals surface area contributed by atoms with Crippen LogP contribution >= 0.6 is 0 Å². The van der Waals surface area contributed by atoms with Gasteiger partial charge < -0.3 is 25.4 Å². The molecule has 1 aliphatic heterocycles. The van der Waals surface area contributed by atoms with E-state index in [4.69, 9.17) is 0 Å². The van der Waals surface area contributed by atoms with Crippen molar-refractivity contribution in [2.75, 3.05) is 11.9 Å². The number of aromatic nitrogens is 1. The SMILES string of the molecule is CCCCn1c(=O)c2ccc(NC(=O)C3CC(O)CN3)cc2c2cc(C(O)(C(F)(F)F)C(F)(F)F)ccc21. The molecule has 1 amide bonds. The van der Waals surface area contributed by atoms with Crippen LogP contribution in [0.5, 0.6) is 0 Å². The second kappa shape index (κ2) is 9.86. The van der Waals surface area contributed by atoms with E-state index in [1.165, 1.54) is 22.8 Å². The summed E-state index contributed by atoms with van der Waals surface area (Å²) in [7, 11) is 0. The summed E-state index contributed by atoms with van der Waals surface area (Å²) < 4.78 is 82.9. The normalized spacial score (nSPS) is 18.9. The Balaban J connectivity index is 1.94. The first kappa shape index (κ1) is 27.9. The van der Waals surface area contributed by atoms with Crippen LogP contribution in [0.15, 0.2) is 41.2 Å². The van der Waals surface area contributed by atoms with Gasteiger partial charge in [0.25, 0.3) is 11.2 Å². The molecule has 0 bridgehead atoms. The van der Waals surface area contributed by atoms with Crippen molar-refractivity contribution in [3.8, 4) is 0 Å². The highest BCUT2D eigenvalue weighted by molar-refractivity contribution is 6.08. The lowest BCUT2D eigenvalue weighted by molar-refractivity contribution is -0.376. The Kier molecular flexibility index (Phi) is 7.23. The molecule has 1 aliphatic rings. The maximum absolute atomic E-state index is 13.6. The number of hydrogen-bond acceptors (Lipinski definition) is 5. The Morgan fingerprint density at radius 2 is 1.74 bits per heavy atom. The van der Waals surface area contributed by atoms with Gasteiger partial charge in [-0.25, -0.2) is 0 Å². The summed E-state index contributed by atoms with van der Waals surface area (Å²) in [6.07, 6.45) is -11.5. The number of aliphatic hydroxyl groups excluding tert-OH is 1. The maximum atomic E-state index is 13.6. The molecule has 0 radical (unpaired) electrons. The molecule has 206 valence electrons. The molecule has 13 heteroatoms. The molecule has 38 heavy (non-hydrogen) atoms. The van der Waals surface area contributed by atoms with Crippen molar-refractivity contribution in [3.63, 3.8) is 0 Å². The van der Waals surface area contributed by atoms with Crippen molar-refractivity contribution in [3.05, 3.63) is 52.3 Å². The predicted molar refractivity (Wildman–Crippen MR) is 128 cm³/mol. The van der Waals surface area contributed by atoms with Crippen LogP contribution in [0.25, 0.3) is 21.7 Å². The van der Waals surface area contributed by atoms with Crippen LogP contribution in [-0.4, -0.2) is 51.7 Å². The van der Waals surface area contributed by atoms with Crippen LogP contribution in [0.3, 0.4) is 0 Å². The van der Waals surface area contributed by atoms with Crippen LogP contribution in [-0.2, 0) is 16.9 Å². The molecule has 2 heterocycles. The third-order valence-corrected chi connectivity index (χ3v) is 6.74. The molecular formula is C25H25F6N3O4. The van der Waals surface area contributed by atoms with Gasteiger partial charge in [0.1, 0.15) is 0 Å². The average Bonchev–Trinajstić information content (AvgIpc) is 3.28. The van der Waals surface area contributed by atoms with Gasteiger partial charge in [-0.1, -0.05) is 19.4 Å². The Labute approximate surface area is 212 Å². The van der Waals surface area contributed by atoms with E-state index in [0.717, 1.165) is 6.07 Å². The lowest BCUT2D eigenvalue weighted by Gasteiger charge is -2.33. The predicted octanol–water partition coefficient (Wildman–Crippen LogP) is 3.93. The zero-order valence-electron chi connectivity index (χ0n) is 20.1. The molecule has 1 fully saturated rings. The zero-order valence-corrected chi connectivity index (χ0v) is 20.1. The largest absolute Gasteiger partial charge is 0.430 e. The van der Waals surface area contributed by atoms with Crippen LogP contribution < -0.4 is 16.2 Å². The topological polar surface area (TPSA) is 104 Å². The number of halogens is 6. The monoisotopic (exact) mass is 545 g/mol. The number of carbonyl (C=O) groups is 1. The Hall–Kier alpha value is -3.16. The molecule has 1 aromatic heterocycles. The minimum absolute atomic E-state index is 0.00325. The standard InChI is InChI=1S/C25H25F6N3O4/c1-2-3-8-34-20-7-4-13(23(38,24(26,27)28)25(29,30)31)9-18(20)17-10-14(5-6-16(17)22(34)37)33-21(36)19-11-15(35)12-32-19/h4-7,9-10,15,19,32,35,38H,2-3,8,11-12H2,1H3,(H,33,36). The van der Waals surface area contributed by atoms with E-state index < -0.39 is 47.1 Å². The Morgan fingerprint density at radius 3 is 2.32 bits per heavy atom. The molecule has 2 aromatic carbocycles. The molecule has 1 saturated heterocycles. The second-order valence-electron chi connectivity index (χ2n) is 9.35. The molecule has 2 unspecified atom stereocenters. The molecule has 2 atom stereocenters. The number of anilines is 1. The van der Waals surface area contributed by atoms with Gasteiger partial charge in [-0.3, -0.25) is 9.59 Å². The fourth-order valence-corrected chi connectivity index (χ4v) is 4.67. The summed E-state index contributed by atoms with van der Waals surface area (Å²) >= 11 is 0. The highest BCUT2D eigenvalue weighted by Crippen LogP contribution is 2.50. The zero-order chi connectivity index (χ0) is 28.0. The minimum Gasteiger partial charge on any atom is -0.392 e. The van der Waals surface area contributed by atoms with Gasteiger partial charge in [0.05, 0.1) is 17.7 Å². The summed E-state index contributed by atoms with van der Waals surface area (Å²) in [6, 6.07) is 5.36. The van der Waals surface area contributed by atoms with Gasteiger partial charge in [0.15, 0.2) is 0 Å². The van der Waals surface area contributed by atoms with Gasteiger partial charge in [0, 0.05) is 35.1 Å². The molecule has 4 N–H and O–H groups in total. The first-order chi connectivity index (χ1) is 17.7. The average molecular weight is 545 g/mol. The molecule has 7 nitrogen and oxygen atoms in total. The smallest absolute Gasteiger partial charge is 0.392 e. The van der Waals surface area contributed by atoms with Gasteiger partial charge in [0.2, 0.25) is 5.91 Å². The number of benzene rings is 2. The number of pyridine rings is 1. The number of nitrogens with zero attached hydrogens (tertiary/aromatic N) is 1. The summed E-state index contributed by atoms with van der Waals surface area (Å²) in [5, 5.41) is 24.9. The Bertz CT molecular complexity index is 1420. The van der Waals surface area contributed by atoms with E-state index in [1.54, 1.807) is 0 Å². The van der Waals surface area contributed by atoms with E-state index in [9.17, 15) is 46.1 Å². The number of aliphatic hydroxyl groups is 2. The first-order valence-corrected chi connectivity index (χ1v) is 11.9. The lowest BCUT2D eigenvalue weighted by atomic mass is 9.90. The molecule has 0 saturated carbocycles. The van der Waals surface area contributed by atoms with Crippen molar-refractivity contribution in [2.45, 2.75) is 62.8 Å². The first-order valence-electron chi connectivity index (χ1n) is 11.9. The third kappa shape index (κ3) is 4.74. The molecule has 0 spiro atoms. The van der Waals surface area contributed by atoms with Crippen LogP contribution in [0, 0.1) is 0 Å². The van der Waals surface area contributed by atoms with E-state index in [-0.39, 0.29) is 46.9 Å². The molecule has 0 aliphatic carbocycles. The quantitative estimate of drug-likeness (QED) is 0.278. The fourth-order valence-electron chi connectivity index (χ4n) is 4.67. The fraction of sp³-hybridized carbons (Fsp3) is 0.440. The van der Waals surface area contributed by atoms with Crippen LogP contribution in [0.2, 0.25) is 0 Å². The summed E-state index contributed by atoms with van der Waals surface area (Å²) in [6.45, 7) is 2.23. The van der Waals surface area contributed by atoms with Crippen molar-refractivity contribution in [2.24, 2.45) is 0 Å². The van der Waals surface area contributed by atoms with Gasteiger partial charge >= 0.3 is 12.4 Å². The van der Waals surface area contributed by atoms with Gasteiger partial charge in [-0.15, -0.1) is 0 Å². The molecule has 4 rings (SSSR count). The number of amides is 1. The number of β-amino-alcohol motifs (C(OH)–C–C–N with tert-alkyl or cyclic N) is 1. The van der Waals surface area contributed by atoms with E-state index in [1.807, 2.05) is 6.92 Å². The number of nitrogens with one attached hydrogen (secondary N) is 2. The number of aryl methyl sites for hydroxylation is 1. The third-order valence-electron chi connectivity index (χ3n) is 6.74. The second-order valence-corrected chi connectivity index (χ2v) is 9.35. The van der Waals surface area contributed by atoms with Crippen molar-refractivity contribution >= 4 is 33.3 Å². The van der Waals surface area contributed by atoms with E-state index in [2.05, 4.69) is 10.6 Å². The van der Waals surface area contributed by atoms with Crippen LogP contribution in [0.1, 0.15) is 31.7 Å². The van der Waals surface area contributed by atoms with E-state index in [0.29, 0.717) is 25.0 Å². The molecular weight excluding hydrogens is 520 g/mol.